The van der Waals surface area contributed by atoms with Crippen LogP contribution >= 0.6 is 0 Å². The third kappa shape index (κ3) is 3.42. The number of phenols is 1. The van der Waals surface area contributed by atoms with Gasteiger partial charge in [-0.15, -0.1) is 0 Å². The summed E-state index contributed by atoms with van der Waals surface area (Å²) in [5, 5.41) is 13.5. The Morgan fingerprint density at radius 2 is 2.14 bits per heavy atom. The van der Waals surface area contributed by atoms with Crippen molar-refractivity contribution in [3.63, 3.8) is 0 Å². The second kappa shape index (κ2) is 6.13. The van der Waals surface area contributed by atoms with E-state index in [1.54, 1.807) is 32.0 Å². The molecule has 21 heavy (non-hydrogen) atoms. The molecule has 1 aromatic heterocycles. The lowest BCUT2D eigenvalue weighted by Crippen LogP contribution is -2.17. The Morgan fingerprint density at radius 3 is 2.76 bits per heavy atom. The monoisotopic (exact) mass is 288 g/mol. The number of hydrazone groups is 1. The molecule has 6 heteroatoms. The van der Waals surface area contributed by atoms with Crippen LogP contribution in [0.2, 0.25) is 0 Å². The molecule has 6 nitrogen and oxygen atoms in total. The summed E-state index contributed by atoms with van der Waals surface area (Å²) < 4.78 is 10.3. The summed E-state index contributed by atoms with van der Waals surface area (Å²) in [5.41, 5.74) is 3.25. The van der Waals surface area contributed by atoms with Gasteiger partial charge in [-0.25, -0.2) is 5.43 Å². The molecular formula is C15H16N2O4. The molecule has 110 valence electrons. The van der Waals surface area contributed by atoms with Crippen LogP contribution in [0.15, 0.2) is 33.8 Å². The quantitative estimate of drug-likeness (QED) is 0.668. The number of phenolic OH excluding ortho intramolecular Hbond substituents is 1. The summed E-state index contributed by atoms with van der Waals surface area (Å²) in [6, 6.07) is 6.37. The fourth-order valence-electron chi connectivity index (χ4n) is 1.84. The number of furan rings is 1. The van der Waals surface area contributed by atoms with Gasteiger partial charge in [-0.05, 0) is 38.1 Å². The van der Waals surface area contributed by atoms with Crippen molar-refractivity contribution in [2.45, 2.75) is 13.8 Å². The van der Waals surface area contributed by atoms with Crippen LogP contribution in [0.25, 0.3) is 0 Å². The lowest BCUT2D eigenvalue weighted by molar-refractivity contribution is 0.0953. The maximum Gasteiger partial charge on any atom is 0.274 e. The molecule has 2 N–H and O–H groups in total. The Balaban J connectivity index is 2.09. The zero-order valence-corrected chi connectivity index (χ0v) is 12.0. The molecule has 1 amide bonds. The number of rotatable bonds is 4. The van der Waals surface area contributed by atoms with Gasteiger partial charge in [0.2, 0.25) is 0 Å². The van der Waals surface area contributed by atoms with E-state index in [-0.39, 0.29) is 11.7 Å². The second-order valence-electron chi connectivity index (χ2n) is 4.45. The number of hydrogen-bond acceptors (Lipinski definition) is 5. The van der Waals surface area contributed by atoms with E-state index in [4.69, 9.17) is 9.15 Å². The van der Waals surface area contributed by atoms with Crippen molar-refractivity contribution >= 4 is 12.1 Å². The Kier molecular flexibility index (Phi) is 4.27. The summed E-state index contributed by atoms with van der Waals surface area (Å²) in [5.74, 6) is 1.45. The number of aryl methyl sites for hydroxylation is 2. The Bertz CT molecular complexity index is 689. The number of carbonyl (C=O) groups is 1. The first-order chi connectivity index (χ1) is 10.0. The fraction of sp³-hybridized carbons (Fsp3) is 0.200. The van der Waals surface area contributed by atoms with Crippen LogP contribution < -0.4 is 10.2 Å². The Morgan fingerprint density at radius 1 is 1.38 bits per heavy atom. The molecule has 0 spiro atoms. The highest BCUT2D eigenvalue weighted by Crippen LogP contribution is 2.21. The lowest BCUT2D eigenvalue weighted by Gasteiger charge is -2.03. The first-order valence-corrected chi connectivity index (χ1v) is 6.28. The number of methoxy groups -OCH3 is 1. The maximum atomic E-state index is 11.9. The van der Waals surface area contributed by atoms with Gasteiger partial charge in [-0.1, -0.05) is 0 Å². The van der Waals surface area contributed by atoms with E-state index in [1.807, 2.05) is 0 Å². The van der Waals surface area contributed by atoms with Gasteiger partial charge in [0, 0.05) is 5.56 Å². The van der Waals surface area contributed by atoms with Crippen molar-refractivity contribution in [1.82, 2.24) is 5.43 Å². The zero-order chi connectivity index (χ0) is 15.4. The van der Waals surface area contributed by atoms with E-state index < -0.39 is 0 Å². The molecule has 0 aliphatic rings. The van der Waals surface area contributed by atoms with E-state index in [1.165, 1.54) is 19.4 Å². The summed E-state index contributed by atoms with van der Waals surface area (Å²) >= 11 is 0. The van der Waals surface area contributed by atoms with Crippen molar-refractivity contribution in [2.24, 2.45) is 5.10 Å². The molecule has 0 fully saturated rings. The Hall–Kier alpha value is -2.76. The molecule has 1 aromatic carbocycles. The molecule has 2 aromatic rings. The van der Waals surface area contributed by atoms with Crippen LogP contribution in [-0.4, -0.2) is 24.3 Å². The highest BCUT2D eigenvalue weighted by Gasteiger charge is 2.12. The number of benzene rings is 1. The van der Waals surface area contributed by atoms with Crippen LogP contribution in [0.1, 0.15) is 27.4 Å². The first kappa shape index (κ1) is 14.6. The smallest absolute Gasteiger partial charge is 0.274 e. The van der Waals surface area contributed by atoms with E-state index >= 15 is 0 Å². The van der Waals surface area contributed by atoms with Crippen LogP contribution in [0.3, 0.4) is 0 Å². The van der Waals surface area contributed by atoms with Gasteiger partial charge in [-0.3, -0.25) is 4.79 Å². The fourth-order valence-corrected chi connectivity index (χ4v) is 1.84. The standard InChI is InChI=1S/C15H16N2O4/c1-9-6-13(10(2)21-9)15(19)17-16-8-11-7-12(20-3)4-5-14(11)18/h4-8,18H,1-3H3,(H,17,19)/b16-8+. The number of ether oxygens (including phenoxy) is 1. The van der Waals surface area contributed by atoms with E-state index in [0.717, 1.165) is 0 Å². The number of nitrogens with one attached hydrogen (secondary N) is 1. The molecule has 2 rings (SSSR count). The summed E-state index contributed by atoms with van der Waals surface area (Å²) in [4.78, 5) is 11.9. The highest BCUT2D eigenvalue weighted by molar-refractivity contribution is 5.96. The minimum absolute atomic E-state index is 0.0455. The molecule has 0 bridgehead atoms. The third-order valence-corrected chi connectivity index (χ3v) is 2.89. The molecule has 0 aliphatic heterocycles. The summed E-state index contributed by atoms with van der Waals surface area (Å²) in [6.45, 7) is 3.47. The minimum atomic E-state index is -0.372. The topological polar surface area (TPSA) is 84.1 Å². The highest BCUT2D eigenvalue weighted by atomic mass is 16.5. The van der Waals surface area contributed by atoms with Crippen LogP contribution in [0.4, 0.5) is 0 Å². The van der Waals surface area contributed by atoms with E-state index in [9.17, 15) is 9.90 Å². The van der Waals surface area contributed by atoms with Gasteiger partial charge < -0.3 is 14.3 Å². The van der Waals surface area contributed by atoms with Crippen molar-refractivity contribution in [3.05, 3.63) is 46.9 Å². The van der Waals surface area contributed by atoms with Gasteiger partial charge in [0.05, 0.1) is 18.9 Å². The first-order valence-electron chi connectivity index (χ1n) is 6.28. The third-order valence-electron chi connectivity index (χ3n) is 2.89. The number of hydrogen-bond donors (Lipinski definition) is 2. The average Bonchev–Trinajstić information content (AvgIpc) is 2.79. The molecule has 1 heterocycles. The predicted octanol–water partition coefficient (Wildman–Crippen LogP) is 2.37. The molecule has 0 radical (unpaired) electrons. The van der Waals surface area contributed by atoms with Crippen molar-refractivity contribution in [2.75, 3.05) is 7.11 Å². The molecule has 0 saturated carbocycles. The van der Waals surface area contributed by atoms with Gasteiger partial charge in [0.25, 0.3) is 5.91 Å². The second-order valence-corrected chi connectivity index (χ2v) is 4.45. The zero-order valence-electron chi connectivity index (χ0n) is 12.0. The average molecular weight is 288 g/mol. The largest absolute Gasteiger partial charge is 0.507 e. The van der Waals surface area contributed by atoms with Crippen LogP contribution in [0.5, 0.6) is 11.5 Å². The minimum Gasteiger partial charge on any atom is -0.507 e. The number of amides is 1. The number of aromatic hydroxyl groups is 1. The van der Waals surface area contributed by atoms with Gasteiger partial charge >= 0.3 is 0 Å². The van der Waals surface area contributed by atoms with Gasteiger partial charge in [0.15, 0.2) is 0 Å². The summed E-state index contributed by atoms with van der Waals surface area (Å²) in [7, 11) is 1.53. The van der Waals surface area contributed by atoms with E-state index in [2.05, 4.69) is 10.5 Å². The number of carbonyl (C=O) groups excluding carboxylic acids is 1. The molecular weight excluding hydrogens is 272 g/mol. The predicted molar refractivity (Wildman–Crippen MR) is 77.9 cm³/mol. The van der Waals surface area contributed by atoms with E-state index in [0.29, 0.717) is 28.4 Å². The lowest BCUT2D eigenvalue weighted by atomic mass is 10.2. The molecule has 0 atom stereocenters. The molecule has 0 saturated heterocycles. The van der Waals surface area contributed by atoms with Crippen molar-refractivity contribution < 1.29 is 19.1 Å². The van der Waals surface area contributed by atoms with Crippen LogP contribution in [0, 0.1) is 13.8 Å². The normalized spacial score (nSPS) is 10.8. The van der Waals surface area contributed by atoms with Crippen LogP contribution in [-0.2, 0) is 0 Å². The molecule has 0 unspecified atom stereocenters. The van der Waals surface area contributed by atoms with Crippen molar-refractivity contribution in [1.29, 1.82) is 0 Å². The SMILES string of the molecule is COc1ccc(O)c(/C=N/NC(=O)c2cc(C)oc2C)c1. The maximum absolute atomic E-state index is 11.9. The van der Waals surface area contributed by atoms with Gasteiger partial charge in [0.1, 0.15) is 23.0 Å². The van der Waals surface area contributed by atoms with Gasteiger partial charge in [-0.2, -0.15) is 5.10 Å². The molecule has 0 aliphatic carbocycles. The number of nitrogens with zero attached hydrogens (tertiary/aromatic N) is 1. The summed E-state index contributed by atoms with van der Waals surface area (Å²) in [6.07, 6.45) is 1.35. The van der Waals surface area contributed by atoms with Crippen molar-refractivity contribution in [3.8, 4) is 11.5 Å². The Labute approximate surface area is 122 Å².